The van der Waals surface area contributed by atoms with Crippen LogP contribution in [-0.2, 0) is 0 Å². The van der Waals surface area contributed by atoms with Crippen LogP contribution in [0, 0.1) is 13.8 Å². The number of methoxy groups -OCH3 is 1. The van der Waals surface area contributed by atoms with E-state index in [1.165, 1.54) is 6.33 Å². The van der Waals surface area contributed by atoms with Crippen molar-refractivity contribution in [3.8, 4) is 5.75 Å². The lowest BCUT2D eigenvalue weighted by Gasteiger charge is -2.33. The Morgan fingerprint density at radius 1 is 1.26 bits per heavy atom. The Bertz CT molecular complexity index is 997. The van der Waals surface area contributed by atoms with Gasteiger partial charge in [-0.1, -0.05) is 11.6 Å². The number of nitrogens with zero attached hydrogens (tertiary/aromatic N) is 5. The minimum absolute atomic E-state index is 0.0147. The molecule has 0 spiro atoms. The summed E-state index contributed by atoms with van der Waals surface area (Å²) in [4.78, 5) is 23.7. The van der Waals surface area contributed by atoms with Gasteiger partial charge in [-0.25, -0.2) is 9.50 Å². The fraction of sp³-hybridized carbons (Fsp3) is 0.400. The van der Waals surface area contributed by atoms with Gasteiger partial charge in [0.25, 0.3) is 11.7 Å². The third-order valence-corrected chi connectivity index (χ3v) is 5.12. The quantitative estimate of drug-likeness (QED) is 0.714. The van der Waals surface area contributed by atoms with Crippen LogP contribution in [-0.4, -0.2) is 50.6 Å². The molecular formula is C20H23N5O2. The van der Waals surface area contributed by atoms with E-state index in [4.69, 9.17) is 4.74 Å². The molecule has 2 aromatic heterocycles. The number of fused-ring (bicyclic) bond motifs is 1. The first-order chi connectivity index (χ1) is 13.1. The zero-order valence-electron chi connectivity index (χ0n) is 15.8. The summed E-state index contributed by atoms with van der Waals surface area (Å²) < 4.78 is 7.20. The monoisotopic (exact) mass is 365 g/mol. The first-order valence-electron chi connectivity index (χ1n) is 9.18. The number of carbonyl (C=O) groups excluding carboxylic acids is 1. The Balaban J connectivity index is 1.64. The normalized spacial score (nSPS) is 17.3. The summed E-state index contributed by atoms with van der Waals surface area (Å²) >= 11 is 0. The lowest BCUT2D eigenvalue weighted by atomic mass is 9.93. The number of piperidine rings is 1. The van der Waals surface area contributed by atoms with E-state index in [1.54, 1.807) is 11.6 Å². The molecule has 140 valence electrons. The van der Waals surface area contributed by atoms with Crippen LogP contribution in [0.1, 0.15) is 46.1 Å². The van der Waals surface area contributed by atoms with Gasteiger partial charge in [-0.15, -0.1) is 0 Å². The predicted molar refractivity (Wildman–Crippen MR) is 101 cm³/mol. The second kappa shape index (κ2) is 6.98. The van der Waals surface area contributed by atoms with Crippen molar-refractivity contribution in [1.29, 1.82) is 0 Å². The van der Waals surface area contributed by atoms with E-state index >= 15 is 0 Å². The van der Waals surface area contributed by atoms with Crippen LogP contribution in [0.3, 0.4) is 0 Å². The second-order valence-electron chi connectivity index (χ2n) is 7.09. The van der Waals surface area contributed by atoms with Gasteiger partial charge in [-0.2, -0.15) is 10.1 Å². The van der Waals surface area contributed by atoms with Crippen molar-refractivity contribution in [2.75, 3.05) is 20.2 Å². The molecule has 0 radical (unpaired) electrons. The topological polar surface area (TPSA) is 72.6 Å². The molecule has 0 aliphatic carbocycles. The first-order valence-corrected chi connectivity index (χ1v) is 9.18. The molecule has 1 aromatic carbocycles. The summed E-state index contributed by atoms with van der Waals surface area (Å²) in [5, 5.41) is 4.32. The van der Waals surface area contributed by atoms with Crippen molar-refractivity contribution in [1.82, 2.24) is 24.5 Å². The summed E-state index contributed by atoms with van der Waals surface area (Å²) in [6.45, 7) is 5.34. The summed E-state index contributed by atoms with van der Waals surface area (Å²) in [5.74, 6) is 1.44. The second-order valence-corrected chi connectivity index (χ2v) is 7.09. The zero-order chi connectivity index (χ0) is 19.0. The van der Waals surface area contributed by atoms with Crippen LogP contribution in [0.4, 0.5) is 0 Å². The summed E-state index contributed by atoms with van der Waals surface area (Å²) in [6.07, 6.45) is 3.48. The molecule has 1 unspecified atom stereocenters. The fourth-order valence-corrected chi connectivity index (χ4v) is 3.81. The Morgan fingerprint density at radius 2 is 2.11 bits per heavy atom. The number of carbonyl (C=O) groups is 1. The number of ether oxygens (including phenoxy) is 1. The molecule has 0 bridgehead atoms. The standard InChI is InChI=1S/C20H23N5O2/c1-13-6-7-18(27-3)16(9-13)19(26)24-8-4-5-15(11-24)17-10-14(2)23-20-21-12-22-25(17)20/h6-7,9-10,12,15H,4-5,8,11H2,1-3H3. The molecule has 1 fully saturated rings. The maximum absolute atomic E-state index is 13.2. The van der Waals surface area contributed by atoms with Crippen LogP contribution in [0.15, 0.2) is 30.6 Å². The SMILES string of the molecule is COc1ccc(C)cc1C(=O)N1CCCC(c2cc(C)nc3ncnn23)C1. The summed E-state index contributed by atoms with van der Waals surface area (Å²) in [7, 11) is 1.60. The smallest absolute Gasteiger partial charge is 0.257 e. The molecule has 27 heavy (non-hydrogen) atoms. The highest BCUT2D eigenvalue weighted by Crippen LogP contribution is 2.30. The molecule has 1 amide bonds. The summed E-state index contributed by atoms with van der Waals surface area (Å²) in [6, 6.07) is 7.76. The molecule has 3 aromatic rings. The molecule has 4 rings (SSSR count). The summed E-state index contributed by atoms with van der Waals surface area (Å²) in [5.41, 5.74) is 3.63. The lowest BCUT2D eigenvalue weighted by molar-refractivity contribution is 0.0701. The van der Waals surface area contributed by atoms with Crippen LogP contribution < -0.4 is 4.74 Å². The Kier molecular flexibility index (Phi) is 4.51. The maximum atomic E-state index is 13.2. The number of amides is 1. The van der Waals surface area contributed by atoms with Gasteiger partial charge in [0.05, 0.1) is 18.4 Å². The number of benzene rings is 1. The van der Waals surface area contributed by atoms with Gasteiger partial charge in [0.15, 0.2) is 0 Å². The van der Waals surface area contributed by atoms with E-state index in [1.807, 2.05) is 43.0 Å². The van der Waals surface area contributed by atoms with Crippen LogP contribution in [0.2, 0.25) is 0 Å². The first kappa shape index (κ1) is 17.5. The maximum Gasteiger partial charge on any atom is 0.257 e. The van der Waals surface area contributed by atoms with Crippen molar-refractivity contribution < 1.29 is 9.53 Å². The molecule has 1 aliphatic rings. The third kappa shape index (κ3) is 3.25. The molecule has 1 atom stereocenters. The van der Waals surface area contributed by atoms with Crippen molar-refractivity contribution in [3.05, 3.63) is 53.1 Å². The van der Waals surface area contributed by atoms with Gasteiger partial charge in [-0.05, 0) is 44.9 Å². The van der Waals surface area contributed by atoms with E-state index in [9.17, 15) is 4.79 Å². The van der Waals surface area contributed by atoms with Gasteiger partial charge in [0.2, 0.25) is 0 Å². The molecule has 0 saturated carbocycles. The highest BCUT2D eigenvalue weighted by Gasteiger charge is 2.29. The van der Waals surface area contributed by atoms with Gasteiger partial charge < -0.3 is 9.64 Å². The minimum Gasteiger partial charge on any atom is -0.496 e. The molecule has 1 saturated heterocycles. The van der Waals surface area contributed by atoms with Crippen LogP contribution in [0.5, 0.6) is 5.75 Å². The third-order valence-electron chi connectivity index (χ3n) is 5.12. The molecule has 7 nitrogen and oxygen atoms in total. The fourth-order valence-electron chi connectivity index (χ4n) is 3.81. The van der Waals surface area contributed by atoms with Crippen molar-refractivity contribution in [3.63, 3.8) is 0 Å². The Labute approximate surface area is 158 Å². The number of hydrogen-bond donors (Lipinski definition) is 0. The van der Waals surface area contributed by atoms with Crippen molar-refractivity contribution >= 4 is 11.7 Å². The van der Waals surface area contributed by atoms with E-state index in [2.05, 4.69) is 15.1 Å². The molecule has 0 N–H and O–H groups in total. The van der Waals surface area contributed by atoms with Crippen LogP contribution >= 0.6 is 0 Å². The minimum atomic E-state index is 0.0147. The van der Waals surface area contributed by atoms with E-state index in [0.29, 0.717) is 23.6 Å². The van der Waals surface area contributed by atoms with E-state index in [0.717, 1.165) is 36.3 Å². The van der Waals surface area contributed by atoms with Crippen LogP contribution in [0.25, 0.3) is 5.78 Å². The van der Waals surface area contributed by atoms with Gasteiger partial charge in [0, 0.05) is 24.7 Å². The van der Waals surface area contributed by atoms with E-state index < -0.39 is 0 Å². The van der Waals surface area contributed by atoms with E-state index in [-0.39, 0.29) is 11.8 Å². The predicted octanol–water partition coefficient (Wildman–Crippen LogP) is 2.77. The highest BCUT2D eigenvalue weighted by atomic mass is 16.5. The number of aryl methyl sites for hydroxylation is 2. The average Bonchev–Trinajstić information content (AvgIpc) is 3.15. The lowest BCUT2D eigenvalue weighted by Crippen LogP contribution is -2.39. The number of likely N-dealkylation sites (tertiary alicyclic amines) is 1. The van der Waals surface area contributed by atoms with Gasteiger partial charge >= 0.3 is 0 Å². The number of aromatic nitrogens is 4. The number of hydrogen-bond acceptors (Lipinski definition) is 5. The average molecular weight is 365 g/mol. The van der Waals surface area contributed by atoms with Gasteiger partial charge in [0.1, 0.15) is 12.1 Å². The highest BCUT2D eigenvalue weighted by molar-refractivity contribution is 5.97. The van der Waals surface area contributed by atoms with Gasteiger partial charge in [-0.3, -0.25) is 4.79 Å². The largest absolute Gasteiger partial charge is 0.496 e. The molecule has 3 heterocycles. The van der Waals surface area contributed by atoms with Crippen molar-refractivity contribution in [2.24, 2.45) is 0 Å². The molecule has 7 heteroatoms. The molecule has 1 aliphatic heterocycles. The van der Waals surface area contributed by atoms with Crippen molar-refractivity contribution in [2.45, 2.75) is 32.6 Å². The number of rotatable bonds is 3. The Morgan fingerprint density at radius 3 is 2.93 bits per heavy atom. The Hall–Kier alpha value is -2.96. The molecular weight excluding hydrogens is 342 g/mol. The zero-order valence-corrected chi connectivity index (χ0v) is 15.8.